The van der Waals surface area contributed by atoms with Crippen molar-refractivity contribution in [1.29, 1.82) is 5.26 Å². The quantitative estimate of drug-likeness (QED) is 0.661. The van der Waals surface area contributed by atoms with Crippen molar-refractivity contribution in [2.75, 3.05) is 0 Å². The molecular formula is C20H17Cl2NO2. The van der Waals surface area contributed by atoms with Gasteiger partial charge in [-0.15, -0.1) is 0 Å². The van der Waals surface area contributed by atoms with Gasteiger partial charge in [-0.05, 0) is 34.2 Å². The highest BCUT2D eigenvalue weighted by molar-refractivity contribution is 6.55. The molecule has 0 N–H and O–H groups in total. The molecule has 0 aliphatic heterocycles. The van der Waals surface area contributed by atoms with E-state index in [1.807, 2.05) is 56.3 Å². The van der Waals surface area contributed by atoms with Crippen molar-refractivity contribution in [1.82, 2.24) is 0 Å². The fraction of sp³-hybridized carbons (Fsp3) is 0.300. The van der Waals surface area contributed by atoms with Crippen LogP contribution in [0.15, 0.2) is 53.0 Å². The lowest BCUT2D eigenvalue weighted by molar-refractivity contribution is -0.149. The van der Waals surface area contributed by atoms with Gasteiger partial charge in [0.05, 0.1) is 5.92 Å². The summed E-state index contributed by atoms with van der Waals surface area (Å²) < 4.78 is 5.63. The van der Waals surface area contributed by atoms with E-state index in [-0.39, 0.29) is 21.7 Å². The maximum atomic E-state index is 12.5. The summed E-state index contributed by atoms with van der Waals surface area (Å²) >= 11 is 11.4. The predicted molar refractivity (Wildman–Crippen MR) is 98.9 cm³/mol. The van der Waals surface area contributed by atoms with E-state index >= 15 is 0 Å². The Bertz CT molecular complexity index is 894. The Hall–Kier alpha value is -2.02. The standard InChI is InChI=1S/C20H17Cl2NO2/c1-20(2)15(10-17(21)22)18(20)19(24)25-16(11-23)14-8-7-12-5-3-4-6-13(12)9-14/h3-10,15-16,18H,1-2H3/t15-,16-,18-/m1/s1. The van der Waals surface area contributed by atoms with Gasteiger partial charge < -0.3 is 4.74 Å². The van der Waals surface area contributed by atoms with E-state index in [2.05, 4.69) is 6.07 Å². The van der Waals surface area contributed by atoms with Crippen molar-refractivity contribution in [3.63, 3.8) is 0 Å². The second kappa shape index (κ2) is 6.71. The molecule has 3 rings (SSSR count). The monoisotopic (exact) mass is 373 g/mol. The van der Waals surface area contributed by atoms with Crippen molar-refractivity contribution in [2.45, 2.75) is 20.0 Å². The summed E-state index contributed by atoms with van der Waals surface area (Å²) in [6.07, 6.45) is 0.719. The molecule has 0 bridgehead atoms. The van der Waals surface area contributed by atoms with Gasteiger partial charge in [0.1, 0.15) is 10.6 Å². The van der Waals surface area contributed by atoms with E-state index in [0.29, 0.717) is 5.56 Å². The van der Waals surface area contributed by atoms with E-state index in [0.717, 1.165) is 10.8 Å². The van der Waals surface area contributed by atoms with Crippen molar-refractivity contribution < 1.29 is 9.53 Å². The zero-order valence-corrected chi connectivity index (χ0v) is 15.4. The molecule has 3 nitrogen and oxygen atoms in total. The number of hydrogen-bond acceptors (Lipinski definition) is 3. The second-order valence-electron chi connectivity index (χ2n) is 6.83. The van der Waals surface area contributed by atoms with E-state index < -0.39 is 12.1 Å². The van der Waals surface area contributed by atoms with Gasteiger partial charge in [0.15, 0.2) is 0 Å². The zero-order valence-electron chi connectivity index (χ0n) is 13.9. The average Bonchev–Trinajstić information content (AvgIpc) is 3.11. The van der Waals surface area contributed by atoms with Crippen LogP contribution in [0, 0.1) is 28.6 Å². The van der Waals surface area contributed by atoms with Gasteiger partial charge in [-0.25, -0.2) is 0 Å². The molecule has 0 radical (unpaired) electrons. The van der Waals surface area contributed by atoms with Crippen LogP contribution in [0.4, 0.5) is 0 Å². The fourth-order valence-electron chi connectivity index (χ4n) is 3.30. The Labute approximate surface area is 156 Å². The minimum atomic E-state index is -0.940. The van der Waals surface area contributed by atoms with Gasteiger partial charge in [-0.1, -0.05) is 73.4 Å². The number of carbonyl (C=O) groups is 1. The topological polar surface area (TPSA) is 50.1 Å². The number of ether oxygens (including phenoxy) is 1. The summed E-state index contributed by atoms with van der Waals surface area (Å²) in [6, 6.07) is 15.5. The number of esters is 1. The number of benzene rings is 2. The normalized spacial score (nSPS) is 21.9. The highest BCUT2D eigenvalue weighted by Gasteiger charge is 2.62. The Kier molecular flexibility index (Phi) is 4.77. The van der Waals surface area contributed by atoms with E-state index in [4.69, 9.17) is 27.9 Å². The largest absolute Gasteiger partial charge is 0.442 e. The van der Waals surface area contributed by atoms with Crippen molar-refractivity contribution in [3.8, 4) is 6.07 Å². The average molecular weight is 374 g/mol. The number of carbonyl (C=O) groups excluding carboxylic acids is 1. The highest BCUT2D eigenvalue weighted by atomic mass is 35.5. The van der Waals surface area contributed by atoms with Crippen LogP contribution >= 0.6 is 23.2 Å². The van der Waals surface area contributed by atoms with Gasteiger partial charge in [0.25, 0.3) is 0 Å². The molecule has 0 aromatic heterocycles. The molecule has 3 atom stereocenters. The number of halogens is 2. The van der Waals surface area contributed by atoms with Gasteiger partial charge in [-0.3, -0.25) is 4.79 Å². The summed E-state index contributed by atoms with van der Waals surface area (Å²) in [4.78, 5) is 12.5. The molecule has 5 heteroatoms. The number of hydrogen-bond donors (Lipinski definition) is 0. The first-order valence-electron chi connectivity index (χ1n) is 7.96. The maximum Gasteiger partial charge on any atom is 0.311 e. The first-order chi connectivity index (χ1) is 11.8. The third kappa shape index (κ3) is 3.51. The van der Waals surface area contributed by atoms with E-state index in [9.17, 15) is 10.1 Å². The molecular weight excluding hydrogens is 357 g/mol. The SMILES string of the molecule is CC1(C)[C@H](C=C(Cl)Cl)[C@@H]1C(=O)O[C@H](C#N)c1ccc2ccccc2c1. The summed E-state index contributed by atoms with van der Waals surface area (Å²) in [5, 5.41) is 11.5. The van der Waals surface area contributed by atoms with Crippen LogP contribution < -0.4 is 0 Å². The Balaban J connectivity index is 1.79. The molecule has 2 aromatic carbocycles. The van der Waals surface area contributed by atoms with Crippen LogP contribution in [0.2, 0.25) is 0 Å². The van der Waals surface area contributed by atoms with Crippen LogP contribution in [0.25, 0.3) is 10.8 Å². The maximum absolute atomic E-state index is 12.5. The van der Waals surface area contributed by atoms with Gasteiger partial charge in [0, 0.05) is 5.56 Å². The number of nitrogens with zero attached hydrogens (tertiary/aromatic N) is 1. The van der Waals surface area contributed by atoms with E-state index in [1.54, 1.807) is 6.08 Å². The molecule has 0 spiro atoms. The molecule has 0 saturated heterocycles. The van der Waals surface area contributed by atoms with E-state index in [1.165, 1.54) is 0 Å². The molecule has 25 heavy (non-hydrogen) atoms. The van der Waals surface area contributed by atoms with Crippen molar-refractivity contribution >= 4 is 39.9 Å². The molecule has 0 unspecified atom stereocenters. The minimum absolute atomic E-state index is 0.0825. The lowest BCUT2D eigenvalue weighted by atomic mass is 10.0. The second-order valence-corrected chi connectivity index (χ2v) is 7.84. The Morgan fingerprint density at radius 1 is 1.24 bits per heavy atom. The van der Waals surface area contributed by atoms with Gasteiger partial charge in [0.2, 0.25) is 6.10 Å². The molecule has 1 aliphatic carbocycles. The van der Waals surface area contributed by atoms with Crippen LogP contribution in [0.5, 0.6) is 0 Å². The Morgan fingerprint density at radius 3 is 2.56 bits per heavy atom. The lowest BCUT2D eigenvalue weighted by Gasteiger charge is -2.13. The molecule has 2 aromatic rings. The minimum Gasteiger partial charge on any atom is -0.442 e. The molecule has 1 saturated carbocycles. The fourth-order valence-corrected chi connectivity index (χ4v) is 3.58. The highest BCUT2D eigenvalue weighted by Crippen LogP contribution is 2.60. The number of nitriles is 1. The summed E-state index contributed by atoms with van der Waals surface area (Å²) in [5.41, 5.74) is 0.380. The smallest absolute Gasteiger partial charge is 0.311 e. The molecule has 128 valence electrons. The first-order valence-corrected chi connectivity index (χ1v) is 8.72. The third-order valence-electron chi connectivity index (χ3n) is 4.90. The van der Waals surface area contributed by atoms with Crippen LogP contribution in [-0.4, -0.2) is 5.97 Å². The third-order valence-corrected chi connectivity index (χ3v) is 5.15. The summed E-state index contributed by atoms with van der Waals surface area (Å²) in [7, 11) is 0. The summed E-state index contributed by atoms with van der Waals surface area (Å²) in [5.74, 6) is -0.835. The van der Waals surface area contributed by atoms with Crippen LogP contribution in [0.1, 0.15) is 25.5 Å². The van der Waals surface area contributed by atoms with Crippen LogP contribution in [0.3, 0.4) is 0 Å². The predicted octanol–water partition coefficient (Wildman–Crippen LogP) is 5.54. The molecule has 0 amide bonds. The number of fused-ring (bicyclic) bond motifs is 1. The zero-order chi connectivity index (χ0) is 18.2. The van der Waals surface area contributed by atoms with Gasteiger partial charge in [-0.2, -0.15) is 5.26 Å². The lowest BCUT2D eigenvalue weighted by Crippen LogP contribution is -2.14. The molecule has 1 fully saturated rings. The molecule has 1 aliphatic rings. The summed E-state index contributed by atoms with van der Waals surface area (Å²) in [6.45, 7) is 3.91. The number of allylic oxidation sites excluding steroid dienone is 1. The molecule has 0 heterocycles. The first kappa shape index (κ1) is 17.8. The Morgan fingerprint density at radius 2 is 1.92 bits per heavy atom. The number of rotatable bonds is 4. The van der Waals surface area contributed by atoms with Crippen molar-refractivity contribution in [2.24, 2.45) is 17.3 Å². The van der Waals surface area contributed by atoms with Crippen LogP contribution in [-0.2, 0) is 9.53 Å². The van der Waals surface area contributed by atoms with Gasteiger partial charge >= 0.3 is 5.97 Å². The van der Waals surface area contributed by atoms with Crippen molar-refractivity contribution in [3.05, 3.63) is 58.6 Å².